The minimum atomic E-state index is -1.94. The highest BCUT2D eigenvalue weighted by Crippen LogP contribution is 2.69. The second-order valence-electron chi connectivity index (χ2n) is 19.2. The van der Waals surface area contributed by atoms with E-state index in [2.05, 4.69) is 88.5 Å². The third kappa shape index (κ3) is 6.66. The number of fused-ring (bicyclic) bond motifs is 5. The van der Waals surface area contributed by atoms with Crippen LogP contribution in [0.2, 0.25) is 36.3 Å². The fourth-order valence-corrected chi connectivity index (χ4v) is 13.0. The summed E-state index contributed by atoms with van der Waals surface area (Å²) in [7, 11) is -2.25. The Morgan fingerprint density at radius 1 is 0.791 bits per heavy atom. The molecule has 10 atom stereocenters. The monoisotopic (exact) mass is 634 g/mol. The highest BCUT2D eigenvalue weighted by molar-refractivity contribution is 6.74. The topological polar surface area (TPSA) is 44.8 Å². The molecule has 0 heterocycles. The molecule has 0 aromatic heterocycles. The van der Waals surface area contributed by atoms with Gasteiger partial charge >= 0.3 is 5.97 Å². The fraction of sp³-hybridized carbons (Fsp3) is 0.973. The number of hydrogen-bond donors (Lipinski definition) is 0. The molecule has 6 heteroatoms. The minimum absolute atomic E-state index is 0.0553. The van der Waals surface area contributed by atoms with Gasteiger partial charge in [-0.05, 0) is 140 Å². The average molecular weight is 635 g/mol. The Hall–Kier alpha value is -0.176. The summed E-state index contributed by atoms with van der Waals surface area (Å²) in [6.07, 6.45) is 12.6. The number of hydrogen-bond acceptors (Lipinski definition) is 4. The maximum Gasteiger partial charge on any atom is 0.305 e. The summed E-state index contributed by atoms with van der Waals surface area (Å²) in [5, 5.41) is 0.448. The van der Waals surface area contributed by atoms with Crippen molar-refractivity contribution in [2.45, 2.75) is 175 Å². The van der Waals surface area contributed by atoms with Crippen LogP contribution in [-0.2, 0) is 18.4 Å². The van der Waals surface area contributed by atoms with Gasteiger partial charge in [-0.15, -0.1) is 0 Å². The van der Waals surface area contributed by atoms with Gasteiger partial charge in [0.25, 0.3) is 0 Å². The molecule has 0 aromatic carbocycles. The summed E-state index contributed by atoms with van der Waals surface area (Å²) in [5.74, 6) is 4.15. The van der Waals surface area contributed by atoms with E-state index in [1.54, 1.807) is 0 Å². The van der Waals surface area contributed by atoms with Gasteiger partial charge in [0.15, 0.2) is 16.6 Å². The first-order valence-corrected chi connectivity index (χ1v) is 23.8. The summed E-state index contributed by atoms with van der Waals surface area (Å²) >= 11 is 0. The van der Waals surface area contributed by atoms with Crippen LogP contribution in [0.1, 0.15) is 127 Å². The van der Waals surface area contributed by atoms with Crippen LogP contribution in [0.5, 0.6) is 0 Å². The van der Waals surface area contributed by atoms with E-state index in [0.717, 1.165) is 24.2 Å². The van der Waals surface area contributed by atoms with E-state index in [-0.39, 0.29) is 16.0 Å². The molecule has 4 nitrogen and oxygen atoms in total. The van der Waals surface area contributed by atoms with Crippen molar-refractivity contribution in [2.75, 3.05) is 7.11 Å². The Morgan fingerprint density at radius 2 is 1.35 bits per heavy atom. The van der Waals surface area contributed by atoms with Crippen molar-refractivity contribution in [3.63, 3.8) is 0 Å². The van der Waals surface area contributed by atoms with E-state index >= 15 is 0 Å². The lowest BCUT2D eigenvalue weighted by atomic mass is 9.43. The fourth-order valence-electron chi connectivity index (χ4n) is 10.2. The van der Waals surface area contributed by atoms with Gasteiger partial charge in [0.05, 0.1) is 7.11 Å². The van der Waals surface area contributed by atoms with Gasteiger partial charge in [0, 0.05) is 18.6 Å². The molecule has 0 aromatic rings. The largest absolute Gasteiger partial charge is 0.469 e. The van der Waals surface area contributed by atoms with E-state index in [1.165, 1.54) is 58.5 Å². The highest BCUT2D eigenvalue weighted by atomic mass is 28.4. The Balaban J connectivity index is 1.62. The van der Waals surface area contributed by atoms with E-state index in [4.69, 9.17) is 13.6 Å². The Labute approximate surface area is 268 Å². The van der Waals surface area contributed by atoms with Crippen molar-refractivity contribution < 1.29 is 18.4 Å². The van der Waals surface area contributed by atoms with Crippen LogP contribution in [0.15, 0.2) is 0 Å². The van der Waals surface area contributed by atoms with Gasteiger partial charge in [-0.25, -0.2) is 0 Å². The SMILES string of the molecule is COC(=O)CCC(C)C1CCC2C3C[C@H](O[Si](C)(C)C(C)(C)C)[C@@H]4C[C@H](O[Si](C)(C)C(C)(C)C)CCC4(C)C3CCC12C. The van der Waals surface area contributed by atoms with E-state index in [1.807, 2.05) is 0 Å². The summed E-state index contributed by atoms with van der Waals surface area (Å²) in [4.78, 5) is 12.0. The zero-order chi connectivity index (χ0) is 32.4. The first-order chi connectivity index (χ1) is 19.6. The van der Waals surface area contributed by atoms with E-state index < -0.39 is 16.6 Å². The van der Waals surface area contributed by atoms with Crippen LogP contribution in [0.4, 0.5) is 0 Å². The molecule has 0 amide bonds. The molecule has 4 aliphatic rings. The number of carbonyl (C=O) groups excluding carboxylic acids is 1. The molecule has 4 rings (SSSR count). The maximum atomic E-state index is 12.0. The summed E-state index contributed by atoms with van der Waals surface area (Å²) in [6, 6.07) is 0. The summed E-state index contributed by atoms with van der Waals surface area (Å²) in [5.41, 5.74) is 0.712. The number of esters is 1. The van der Waals surface area contributed by atoms with Crippen molar-refractivity contribution in [1.82, 2.24) is 0 Å². The van der Waals surface area contributed by atoms with Crippen molar-refractivity contribution in [3.05, 3.63) is 0 Å². The van der Waals surface area contributed by atoms with Gasteiger partial charge in [0.2, 0.25) is 0 Å². The molecule has 4 saturated carbocycles. The predicted molar refractivity (Wildman–Crippen MR) is 185 cm³/mol. The Bertz CT molecular complexity index is 996. The summed E-state index contributed by atoms with van der Waals surface area (Å²) in [6.45, 7) is 31.9. The zero-order valence-electron chi connectivity index (χ0n) is 30.8. The minimum Gasteiger partial charge on any atom is -0.469 e. The Morgan fingerprint density at radius 3 is 1.93 bits per heavy atom. The smallest absolute Gasteiger partial charge is 0.305 e. The van der Waals surface area contributed by atoms with Gasteiger partial charge in [0.1, 0.15) is 0 Å². The summed E-state index contributed by atoms with van der Waals surface area (Å²) < 4.78 is 19.7. The van der Waals surface area contributed by atoms with Crippen molar-refractivity contribution in [1.29, 1.82) is 0 Å². The zero-order valence-corrected chi connectivity index (χ0v) is 32.8. The number of rotatable bonds is 8. The van der Waals surface area contributed by atoms with Crippen molar-refractivity contribution >= 4 is 22.6 Å². The molecule has 4 fully saturated rings. The lowest BCUT2D eigenvalue weighted by Crippen LogP contribution is -2.61. The first-order valence-electron chi connectivity index (χ1n) is 18.0. The number of ether oxygens (including phenoxy) is 1. The highest BCUT2D eigenvalue weighted by Gasteiger charge is 2.63. The molecular formula is C37H70O4Si2. The van der Waals surface area contributed by atoms with Gasteiger partial charge < -0.3 is 13.6 Å². The molecule has 0 spiro atoms. The van der Waals surface area contributed by atoms with Crippen LogP contribution >= 0.6 is 0 Å². The lowest BCUT2D eigenvalue weighted by Gasteiger charge is -2.64. The van der Waals surface area contributed by atoms with Crippen LogP contribution in [0.3, 0.4) is 0 Å². The quantitative estimate of drug-likeness (QED) is 0.197. The Kier molecular flexibility index (Phi) is 10.1. The van der Waals surface area contributed by atoms with Crippen LogP contribution in [0.25, 0.3) is 0 Å². The first kappa shape index (κ1) is 35.7. The normalized spacial score (nSPS) is 39.4. The van der Waals surface area contributed by atoms with Gasteiger partial charge in [-0.3, -0.25) is 4.79 Å². The lowest BCUT2D eigenvalue weighted by molar-refractivity contribution is -0.167. The molecular weight excluding hydrogens is 565 g/mol. The molecule has 0 saturated heterocycles. The van der Waals surface area contributed by atoms with Gasteiger partial charge in [-0.1, -0.05) is 62.3 Å². The number of methoxy groups -OCH3 is 1. The molecule has 7 unspecified atom stereocenters. The molecule has 43 heavy (non-hydrogen) atoms. The van der Waals surface area contributed by atoms with Gasteiger partial charge in [-0.2, -0.15) is 0 Å². The molecule has 0 bridgehead atoms. The molecule has 250 valence electrons. The average Bonchev–Trinajstić information content (AvgIpc) is 3.23. The van der Waals surface area contributed by atoms with Crippen molar-refractivity contribution in [3.8, 4) is 0 Å². The molecule has 0 N–H and O–H groups in total. The second-order valence-corrected chi connectivity index (χ2v) is 28.7. The second kappa shape index (κ2) is 12.1. The third-order valence-electron chi connectivity index (χ3n) is 14.9. The van der Waals surface area contributed by atoms with E-state index in [0.29, 0.717) is 47.2 Å². The van der Waals surface area contributed by atoms with Crippen LogP contribution < -0.4 is 0 Å². The molecule has 0 aliphatic heterocycles. The number of carbonyl (C=O) groups is 1. The van der Waals surface area contributed by atoms with E-state index in [9.17, 15) is 4.79 Å². The standard InChI is InChI=1S/C37H70O4Si2/c1-25(15-18-33(38)39-10)28-16-17-29-27-24-32(41-43(13,14)35(5,6)7)31-23-26(40-42(11,12)34(2,3)4)19-21-37(31,9)30(27)20-22-36(28,29)8/h25-32H,15-24H2,1-14H3/t25?,26-,27?,28?,29?,30?,31+,32+,36?,37?/m1/s1. The molecule has 0 radical (unpaired) electrons. The molecule has 4 aliphatic carbocycles. The predicted octanol–water partition coefficient (Wildman–Crippen LogP) is 10.6. The third-order valence-corrected chi connectivity index (χ3v) is 24.0. The van der Waals surface area contributed by atoms with Crippen LogP contribution in [-0.4, -0.2) is 41.9 Å². The van der Waals surface area contributed by atoms with Crippen molar-refractivity contribution in [2.24, 2.45) is 46.3 Å². The maximum absolute atomic E-state index is 12.0. The van der Waals surface area contributed by atoms with Crippen LogP contribution in [0, 0.1) is 46.3 Å².